The average molecular weight is 534 g/mol. The molecule has 0 aliphatic carbocycles. The van der Waals surface area contributed by atoms with Crippen molar-refractivity contribution in [2.75, 3.05) is 38.0 Å². The summed E-state index contributed by atoms with van der Waals surface area (Å²) in [6, 6.07) is 12.5. The highest BCUT2D eigenvalue weighted by molar-refractivity contribution is 7.89. The summed E-state index contributed by atoms with van der Waals surface area (Å²) in [6.45, 7) is 6.31. The molecule has 0 bridgehead atoms. The molecular formula is C26H35N3O5S2. The van der Waals surface area contributed by atoms with E-state index in [0.29, 0.717) is 49.3 Å². The molecule has 0 radical (unpaired) electrons. The third-order valence-electron chi connectivity index (χ3n) is 7.12. The quantitative estimate of drug-likeness (QED) is 0.518. The monoisotopic (exact) mass is 533 g/mol. The lowest BCUT2D eigenvalue weighted by Gasteiger charge is -2.30. The Morgan fingerprint density at radius 3 is 1.92 bits per heavy atom. The Labute approximate surface area is 214 Å². The molecule has 1 unspecified atom stereocenters. The lowest BCUT2D eigenvalue weighted by Crippen LogP contribution is -2.39. The highest BCUT2D eigenvalue weighted by Gasteiger charge is 2.29. The molecule has 8 nitrogen and oxygen atoms in total. The molecule has 1 atom stereocenters. The molecule has 4 rings (SSSR count). The molecule has 2 fully saturated rings. The van der Waals surface area contributed by atoms with Crippen molar-refractivity contribution in [1.29, 1.82) is 0 Å². The highest BCUT2D eigenvalue weighted by Crippen LogP contribution is 2.25. The van der Waals surface area contributed by atoms with Gasteiger partial charge in [0.1, 0.15) is 0 Å². The number of Topliss-reactive ketones (excluding diaryl/α,β-unsaturated/α-hetero) is 1. The summed E-state index contributed by atoms with van der Waals surface area (Å²) in [4.78, 5) is 13.1. The molecule has 2 aliphatic heterocycles. The van der Waals surface area contributed by atoms with E-state index in [1.807, 2.05) is 0 Å². The second-order valence-electron chi connectivity index (χ2n) is 10.0. The Morgan fingerprint density at radius 2 is 1.33 bits per heavy atom. The van der Waals surface area contributed by atoms with Crippen LogP contribution in [0, 0.1) is 11.8 Å². The first-order chi connectivity index (χ1) is 17.1. The number of nitrogens with zero attached hydrogens (tertiary/aromatic N) is 2. The zero-order chi connectivity index (χ0) is 25.9. The number of sulfonamides is 2. The van der Waals surface area contributed by atoms with Crippen molar-refractivity contribution in [3.63, 3.8) is 0 Å². The third kappa shape index (κ3) is 5.99. The van der Waals surface area contributed by atoms with E-state index in [2.05, 4.69) is 19.2 Å². The van der Waals surface area contributed by atoms with E-state index in [1.54, 1.807) is 40.7 Å². The van der Waals surface area contributed by atoms with Gasteiger partial charge in [0.15, 0.2) is 5.78 Å². The summed E-state index contributed by atoms with van der Waals surface area (Å²) >= 11 is 0. The maximum absolute atomic E-state index is 12.9. The summed E-state index contributed by atoms with van der Waals surface area (Å²) in [5, 5.41) is 3.02. The zero-order valence-corrected chi connectivity index (χ0v) is 22.5. The van der Waals surface area contributed by atoms with Gasteiger partial charge < -0.3 is 5.32 Å². The molecule has 36 heavy (non-hydrogen) atoms. The Morgan fingerprint density at radius 1 is 0.778 bits per heavy atom. The second-order valence-corrected chi connectivity index (χ2v) is 13.9. The minimum Gasteiger partial charge on any atom is -0.378 e. The standard InChI is InChI=1S/C26H35N3O5S2/c1-20-13-16-28(17-14-20)35(31,32)24-9-5-22(6-10-24)26(30)18-27-23-7-11-25(12-8-23)36(33,34)29-15-3-4-21(2)19-29/h5-12,20-21,27H,3-4,13-19H2,1-2H3. The second kappa shape index (κ2) is 11.0. The number of ketones is 1. The van der Waals surface area contributed by atoms with Crippen molar-refractivity contribution >= 4 is 31.5 Å². The van der Waals surface area contributed by atoms with Crippen molar-refractivity contribution in [1.82, 2.24) is 8.61 Å². The van der Waals surface area contributed by atoms with Gasteiger partial charge in [-0.15, -0.1) is 0 Å². The predicted molar refractivity (Wildman–Crippen MR) is 140 cm³/mol. The number of benzene rings is 2. The van der Waals surface area contributed by atoms with E-state index < -0.39 is 20.0 Å². The van der Waals surface area contributed by atoms with Crippen LogP contribution >= 0.6 is 0 Å². The maximum atomic E-state index is 12.9. The first-order valence-electron chi connectivity index (χ1n) is 12.5. The number of carbonyl (C=O) groups excluding carboxylic acids is 1. The summed E-state index contributed by atoms with van der Waals surface area (Å²) < 4.78 is 54.7. The van der Waals surface area contributed by atoms with Crippen LogP contribution in [0.5, 0.6) is 0 Å². The van der Waals surface area contributed by atoms with E-state index in [4.69, 9.17) is 0 Å². The molecule has 2 aromatic rings. The van der Waals surface area contributed by atoms with Crippen molar-refractivity contribution in [3.05, 3.63) is 54.1 Å². The van der Waals surface area contributed by atoms with Crippen molar-refractivity contribution in [2.45, 2.75) is 49.3 Å². The predicted octanol–water partition coefficient (Wildman–Crippen LogP) is 3.82. The molecule has 2 heterocycles. The summed E-state index contributed by atoms with van der Waals surface area (Å²) in [7, 11) is -7.08. The van der Waals surface area contributed by atoms with E-state index in [0.717, 1.165) is 25.7 Å². The molecular weight excluding hydrogens is 498 g/mol. The molecule has 2 aliphatic rings. The molecule has 1 N–H and O–H groups in total. The van der Waals surface area contributed by atoms with Crippen LogP contribution in [0.4, 0.5) is 5.69 Å². The molecule has 2 saturated heterocycles. The number of carbonyl (C=O) groups is 1. The van der Waals surface area contributed by atoms with Crippen molar-refractivity contribution in [3.8, 4) is 0 Å². The van der Waals surface area contributed by atoms with Crippen LogP contribution in [0.15, 0.2) is 58.3 Å². The zero-order valence-electron chi connectivity index (χ0n) is 20.9. The van der Waals surface area contributed by atoms with Crippen LogP contribution in [-0.4, -0.2) is 64.0 Å². The molecule has 196 valence electrons. The number of rotatable bonds is 8. The Kier molecular flexibility index (Phi) is 8.18. The first-order valence-corrected chi connectivity index (χ1v) is 15.4. The average Bonchev–Trinajstić information content (AvgIpc) is 2.88. The number of anilines is 1. The van der Waals surface area contributed by atoms with E-state index in [9.17, 15) is 21.6 Å². The molecule has 2 aromatic carbocycles. The highest BCUT2D eigenvalue weighted by atomic mass is 32.2. The van der Waals surface area contributed by atoms with Gasteiger partial charge in [-0.1, -0.05) is 13.8 Å². The number of nitrogens with one attached hydrogen (secondary N) is 1. The van der Waals surface area contributed by atoms with E-state index in [-0.39, 0.29) is 22.1 Å². The number of hydrogen-bond acceptors (Lipinski definition) is 6. The van der Waals surface area contributed by atoms with Gasteiger partial charge in [0.25, 0.3) is 0 Å². The van der Waals surface area contributed by atoms with Crippen LogP contribution in [0.1, 0.15) is 49.9 Å². The number of piperidine rings is 2. The van der Waals surface area contributed by atoms with Crippen LogP contribution in [0.3, 0.4) is 0 Å². The first kappa shape index (κ1) is 26.8. The fourth-order valence-electron chi connectivity index (χ4n) is 4.73. The van der Waals surface area contributed by atoms with Gasteiger partial charge in [-0.2, -0.15) is 8.61 Å². The van der Waals surface area contributed by atoms with Crippen LogP contribution in [-0.2, 0) is 20.0 Å². The van der Waals surface area contributed by atoms with Crippen LogP contribution < -0.4 is 5.32 Å². The Hall–Kier alpha value is -2.27. The fourth-order valence-corrected chi connectivity index (χ4v) is 7.80. The Balaban J connectivity index is 1.34. The molecule has 0 amide bonds. The van der Waals surface area contributed by atoms with E-state index >= 15 is 0 Å². The summed E-state index contributed by atoms with van der Waals surface area (Å²) in [6.07, 6.45) is 3.61. The van der Waals surface area contributed by atoms with Crippen molar-refractivity contribution < 1.29 is 21.6 Å². The maximum Gasteiger partial charge on any atom is 0.243 e. The SMILES string of the molecule is CC1CCN(S(=O)(=O)c2ccc(C(=O)CNc3ccc(S(=O)(=O)N4CCCC(C)C4)cc3)cc2)CC1. The molecule has 0 spiro atoms. The molecule has 0 saturated carbocycles. The largest absolute Gasteiger partial charge is 0.378 e. The molecule has 0 aromatic heterocycles. The van der Waals surface area contributed by atoms with Crippen LogP contribution in [0.25, 0.3) is 0 Å². The van der Waals surface area contributed by atoms with Crippen molar-refractivity contribution in [2.24, 2.45) is 11.8 Å². The van der Waals surface area contributed by atoms with Gasteiger partial charge in [0.05, 0.1) is 16.3 Å². The Bertz CT molecular complexity index is 1270. The van der Waals surface area contributed by atoms with Gasteiger partial charge in [0.2, 0.25) is 20.0 Å². The topological polar surface area (TPSA) is 104 Å². The lowest BCUT2D eigenvalue weighted by atomic mass is 10.0. The smallest absolute Gasteiger partial charge is 0.243 e. The minimum atomic E-state index is -3.56. The normalized spacial score (nSPS) is 20.8. The summed E-state index contributed by atoms with van der Waals surface area (Å²) in [5.41, 5.74) is 1.04. The summed E-state index contributed by atoms with van der Waals surface area (Å²) in [5.74, 6) is 0.691. The van der Waals surface area contributed by atoms with Gasteiger partial charge >= 0.3 is 0 Å². The third-order valence-corrected chi connectivity index (χ3v) is 10.9. The van der Waals surface area contributed by atoms with Gasteiger partial charge in [-0.25, -0.2) is 16.8 Å². The van der Waals surface area contributed by atoms with Gasteiger partial charge in [-0.3, -0.25) is 4.79 Å². The van der Waals surface area contributed by atoms with E-state index in [1.165, 1.54) is 16.4 Å². The van der Waals surface area contributed by atoms with Crippen LogP contribution in [0.2, 0.25) is 0 Å². The molecule has 10 heteroatoms. The number of hydrogen-bond donors (Lipinski definition) is 1. The van der Waals surface area contributed by atoms with Gasteiger partial charge in [-0.05, 0) is 86.1 Å². The minimum absolute atomic E-state index is 0.00580. The van der Waals surface area contributed by atoms with Gasteiger partial charge in [0, 0.05) is 37.4 Å². The fraction of sp³-hybridized carbons (Fsp3) is 0.500. The lowest BCUT2D eigenvalue weighted by molar-refractivity contribution is 0.101.